The van der Waals surface area contributed by atoms with Crippen LogP contribution in [-0.2, 0) is 25.5 Å². The maximum atomic E-state index is 17.5. The number of rotatable bonds is 19. The molecule has 4 heterocycles. The Morgan fingerprint density at radius 2 is 1.17 bits per heavy atom. The van der Waals surface area contributed by atoms with Crippen LogP contribution in [0.25, 0.3) is 71.1 Å². The lowest BCUT2D eigenvalue weighted by Crippen LogP contribution is -2.48. The Bertz CT molecular complexity index is 3290. The van der Waals surface area contributed by atoms with Crippen LogP contribution in [0, 0.1) is 0 Å². The van der Waals surface area contributed by atoms with Gasteiger partial charge in [0, 0.05) is 82.3 Å². The second-order valence-corrected chi connectivity index (χ2v) is 22.1. The first kappa shape index (κ1) is 53.5. The number of halogens is 6. The summed E-state index contributed by atoms with van der Waals surface area (Å²) in [6.45, 7) is 26.2. The number of benzene rings is 2. The van der Waals surface area contributed by atoms with Crippen molar-refractivity contribution >= 4 is 95.9 Å². The molecule has 9 rings (SSSR count). The van der Waals surface area contributed by atoms with Crippen molar-refractivity contribution in [3.8, 4) is 32.6 Å². The molecule has 0 saturated carbocycles. The van der Waals surface area contributed by atoms with Gasteiger partial charge in [0.05, 0.1) is 26.4 Å². The van der Waals surface area contributed by atoms with Crippen LogP contribution in [0.15, 0.2) is 91.9 Å². The molecule has 0 saturated heterocycles. The summed E-state index contributed by atoms with van der Waals surface area (Å²) in [7, 11) is 0. The summed E-state index contributed by atoms with van der Waals surface area (Å²) in [6, 6.07) is 13.9. The average molecular weight is 1090 g/mol. The molecule has 6 aromatic rings. The fourth-order valence-electron chi connectivity index (χ4n) is 9.61. The Morgan fingerprint density at radius 1 is 0.653 bits per heavy atom. The van der Waals surface area contributed by atoms with Crippen molar-refractivity contribution < 1.29 is 59.3 Å². The van der Waals surface area contributed by atoms with Crippen molar-refractivity contribution in [2.24, 2.45) is 0 Å². The van der Waals surface area contributed by atoms with Crippen LogP contribution in [-0.4, -0.2) is 56.1 Å². The van der Waals surface area contributed by atoms with Crippen LogP contribution in [0.3, 0.4) is 0 Å². The predicted octanol–water partition coefficient (Wildman–Crippen LogP) is 17.5. The number of alkyl halides is 6. The summed E-state index contributed by atoms with van der Waals surface area (Å²) in [5, 5.41) is -0.253. The summed E-state index contributed by atoms with van der Waals surface area (Å²) in [4.78, 5) is 28.0. The largest absolute Gasteiger partial charge is 0.490 e. The molecule has 0 radical (unpaired) electrons. The lowest BCUT2D eigenvalue weighted by molar-refractivity contribution is -0.254. The first-order valence-electron chi connectivity index (χ1n) is 24.6. The molecular weight excluding hydrogens is 1030 g/mol. The van der Waals surface area contributed by atoms with E-state index in [1.54, 1.807) is 32.9 Å². The van der Waals surface area contributed by atoms with Crippen LogP contribution in [0.5, 0.6) is 11.5 Å². The third-order valence-corrected chi connectivity index (χ3v) is 17.3. The number of thiophene rings is 3. The number of allylic oxidation sites excluding steroid dienone is 7. The van der Waals surface area contributed by atoms with Crippen LogP contribution in [0.4, 0.5) is 26.3 Å². The highest BCUT2D eigenvalue weighted by Gasteiger charge is 2.81. The second kappa shape index (κ2) is 21.0. The molecular formula is C59H54F6O7S3. The number of ether oxygens (including phenoxy) is 4. The topological polar surface area (TPSA) is 84.2 Å². The molecule has 0 fully saturated rings. The van der Waals surface area contributed by atoms with Gasteiger partial charge in [-0.1, -0.05) is 62.7 Å². The lowest BCUT2D eigenvalue weighted by atomic mass is 9.90. The monoisotopic (exact) mass is 1080 g/mol. The fraction of sp³-hybridized carbons (Fsp3) is 0.322. The molecule has 0 amide bonds. The van der Waals surface area contributed by atoms with Gasteiger partial charge in [-0.2, -0.15) is 26.3 Å². The SMILES string of the molecule is C=C(C)c1ccc(-c2oc3cc(OCCCC(=O)OCC)c(OCCCC(=O)OCC)cc3c2C2=C(c3cc(-c4cc5c(s4)C(=C)CCC5=C)sc3Cc3cc4c(s3)C(=C)CCC4=C)C(F)(F)C(F)(F)C2(F)F)cc1. The van der Waals surface area contributed by atoms with Crippen molar-refractivity contribution in [3.05, 3.63) is 135 Å². The summed E-state index contributed by atoms with van der Waals surface area (Å²) in [6.07, 6.45) is 2.90. The smallest absolute Gasteiger partial charge is 0.380 e. The van der Waals surface area contributed by atoms with Crippen LogP contribution < -0.4 is 9.47 Å². The van der Waals surface area contributed by atoms with Gasteiger partial charge in [0.15, 0.2) is 11.5 Å². The van der Waals surface area contributed by atoms with Gasteiger partial charge in [0.25, 0.3) is 0 Å². The van der Waals surface area contributed by atoms with Gasteiger partial charge in [-0.15, -0.1) is 34.0 Å². The molecule has 392 valence electrons. The maximum Gasteiger partial charge on any atom is 0.380 e. The minimum absolute atomic E-state index is 0.000551. The van der Waals surface area contributed by atoms with Crippen LogP contribution in [0.2, 0.25) is 0 Å². The van der Waals surface area contributed by atoms with E-state index in [0.29, 0.717) is 51.5 Å². The summed E-state index contributed by atoms with van der Waals surface area (Å²) in [5.41, 5.74) is 2.09. The van der Waals surface area contributed by atoms with Crippen molar-refractivity contribution in [3.63, 3.8) is 0 Å². The van der Waals surface area contributed by atoms with Gasteiger partial charge in [-0.05, 0) is 128 Å². The van der Waals surface area contributed by atoms with E-state index >= 15 is 26.3 Å². The van der Waals surface area contributed by atoms with E-state index in [4.69, 9.17) is 23.4 Å². The first-order chi connectivity index (χ1) is 35.7. The van der Waals surface area contributed by atoms with E-state index in [2.05, 4.69) is 32.9 Å². The van der Waals surface area contributed by atoms with Crippen LogP contribution >= 0.6 is 34.0 Å². The molecule has 16 heteroatoms. The third kappa shape index (κ3) is 9.89. The Balaban J connectivity index is 1.30. The van der Waals surface area contributed by atoms with E-state index in [1.807, 2.05) is 12.1 Å². The molecule has 0 spiro atoms. The van der Waals surface area contributed by atoms with E-state index < -0.39 is 57.7 Å². The Morgan fingerprint density at radius 3 is 1.73 bits per heavy atom. The second-order valence-electron chi connectivity index (χ2n) is 18.8. The molecule has 0 unspecified atom stereocenters. The van der Waals surface area contributed by atoms with Crippen molar-refractivity contribution in [2.45, 2.75) is 96.3 Å². The Kier molecular flexibility index (Phi) is 15.0. The quantitative estimate of drug-likeness (QED) is 0.0454. The highest BCUT2D eigenvalue weighted by molar-refractivity contribution is 7.23. The number of carbonyl (C=O) groups excluding carboxylic acids is 2. The fourth-order valence-corrected chi connectivity index (χ4v) is 13.4. The normalized spacial score (nSPS) is 16.6. The lowest BCUT2D eigenvalue weighted by Gasteiger charge is -2.26. The molecule has 4 aromatic heterocycles. The number of esters is 2. The molecule has 75 heavy (non-hydrogen) atoms. The standard InChI is InChI=1S/C59H54F6O7S3/c1-9-68-49(66)13-11-23-70-44-27-41-43(30-45(44)71-24-12-14-50(67)69-10-2)72-54(37-21-19-36(20-22-37)31(3)4)51(41)53-52(57(60,61)59(64,65)58(53,62)63)42-29-47(48-28-40-33(6)16-18-35(8)56(40)75-48)74-46(42)26-38-25-39-32(5)15-17-34(7)55(39)73-38/h19-22,25,27-30H,3,5-18,23-24,26H2,1-2,4H3. The average Bonchev–Trinajstić information content (AvgIpc) is 4.19. The molecule has 0 N–H and O–H groups in total. The summed E-state index contributed by atoms with van der Waals surface area (Å²) in [5.74, 6) is -18.3. The third-order valence-electron chi connectivity index (χ3n) is 13.5. The summed E-state index contributed by atoms with van der Waals surface area (Å²) >= 11 is 3.81. The molecule has 0 bridgehead atoms. The van der Waals surface area contributed by atoms with Gasteiger partial charge in [0.2, 0.25) is 0 Å². The van der Waals surface area contributed by atoms with Crippen molar-refractivity contribution in [2.75, 3.05) is 26.4 Å². The van der Waals surface area contributed by atoms with Gasteiger partial charge in [0.1, 0.15) is 11.3 Å². The summed E-state index contributed by atoms with van der Waals surface area (Å²) < 4.78 is 132. The number of fused-ring (bicyclic) bond motifs is 3. The minimum Gasteiger partial charge on any atom is -0.490 e. The number of hydrogen-bond donors (Lipinski definition) is 0. The van der Waals surface area contributed by atoms with E-state index in [9.17, 15) is 9.59 Å². The zero-order valence-corrected chi connectivity index (χ0v) is 44.2. The number of carbonyl (C=O) groups is 2. The molecule has 3 aliphatic rings. The molecule has 0 atom stereocenters. The van der Waals surface area contributed by atoms with Crippen molar-refractivity contribution in [1.82, 2.24) is 0 Å². The van der Waals surface area contributed by atoms with Gasteiger partial charge in [-0.25, -0.2) is 0 Å². The molecule has 3 aliphatic carbocycles. The minimum atomic E-state index is -5.95. The zero-order chi connectivity index (χ0) is 53.7. The number of furan rings is 1. The van der Waals surface area contributed by atoms with Crippen molar-refractivity contribution in [1.29, 1.82) is 0 Å². The highest BCUT2D eigenvalue weighted by atomic mass is 32.1. The molecule has 0 aliphatic heterocycles. The van der Waals surface area contributed by atoms with Crippen LogP contribution in [0.1, 0.15) is 119 Å². The van der Waals surface area contributed by atoms with E-state index in [0.717, 1.165) is 54.5 Å². The zero-order valence-electron chi connectivity index (χ0n) is 41.8. The van der Waals surface area contributed by atoms with Gasteiger partial charge < -0.3 is 23.4 Å². The maximum absolute atomic E-state index is 17.5. The van der Waals surface area contributed by atoms with E-state index in [1.165, 1.54) is 53.0 Å². The van der Waals surface area contributed by atoms with E-state index in [-0.39, 0.29) is 91.4 Å². The number of hydrogen-bond acceptors (Lipinski definition) is 10. The molecule has 7 nitrogen and oxygen atoms in total. The Labute approximate surface area is 443 Å². The van der Waals surface area contributed by atoms with Gasteiger partial charge >= 0.3 is 29.7 Å². The van der Waals surface area contributed by atoms with Gasteiger partial charge in [-0.3, -0.25) is 9.59 Å². The highest BCUT2D eigenvalue weighted by Crippen LogP contribution is 2.67. The first-order valence-corrected chi connectivity index (χ1v) is 27.1. The Hall–Kier alpha value is -6.36. The predicted molar refractivity (Wildman–Crippen MR) is 290 cm³/mol. The molecule has 2 aromatic carbocycles.